The molecular weight excluding hydrogens is 246 g/mol. The molecule has 0 amide bonds. The average Bonchev–Trinajstić information content (AvgIpc) is 2.42. The Bertz CT molecular complexity index is 378. The second-order valence-electron chi connectivity index (χ2n) is 4.62. The van der Waals surface area contributed by atoms with Crippen molar-refractivity contribution in [2.24, 2.45) is 0 Å². The molecule has 0 radical (unpaired) electrons. The summed E-state index contributed by atoms with van der Waals surface area (Å²) in [5.41, 5.74) is 1.20. The Kier molecular flexibility index (Phi) is 5.20. The number of phenolic OH excluding ortho intramolecular Hbond substituents is 1. The second-order valence-corrected chi connectivity index (χ2v) is 5.77. The summed E-state index contributed by atoms with van der Waals surface area (Å²) in [6, 6.07) is 6.23. The minimum Gasteiger partial charge on any atom is -0.504 e. The number of nitrogens with one attached hydrogen (secondary N) is 1. The number of hydrogen-bond donors (Lipinski definition) is 2. The molecule has 18 heavy (non-hydrogen) atoms. The minimum absolute atomic E-state index is 0.206. The van der Waals surface area contributed by atoms with Crippen molar-refractivity contribution in [3.05, 3.63) is 23.8 Å². The first-order valence-corrected chi connectivity index (χ1v) is 7.62. The fraction of sp³-hybridized carbons (Fsp3) is 0.571. The Labute approximate surface area is 113 Å². The van der Waals surface area contributed by atoms with Crippen LogP contribution in [-0.4, -0.2) is 36.3 Å². The molecule has 0 unspecified atom stereocenters. The van der Waals surface area contributed by atoms with Crippen LogP contribution >= 0.6 is 11.8 Å². The molecule has 1 aliphatic rings. The van der Waals surface area contributed by atoms with E-state index in [2.05, 4.69) is 5.32 Å². The van der Waals surface area contributed by atoms with Crippen LogP contribution in [0.2, 0.25) is 0 Å². The Balaban J connectivity index is 1.79. The monoisotopic (exact) mass is 267 g/mol. The van der Waals surface area contributed by atoms with Gasteiger partial charge in [-0.15, -0.1) is 0 Å². The van der Waals surface area contributed by atoms with Crippen LogP contribution in [0.15, 0.2) is 18.2 Å². The van der Waals surface area contributed by atoms with Gasteiger partial charge in [0.25, 0.3) is 0 Å². The Morgan fingerprint density at radius 2 is 2.39 bits per heavy atom. The maximum Gasteiger partial charge on any atom is 0.160 e. The number of aromatic hydroxyl groups is 1. The molecule has 1 atom stereocenters. The number of thioether (sulfide) groups is 1. The molecular formula is C14H21NO2S. The first-order valence-electron chi connectivity index (χ1n) is 6.46. The lowest BCUT2D eigenvalue weighted by molar-refractivity contribution is 0.373. The largest absolute Gasteiger partial charge is 0.504 e. The maximum absolute atomic E-state index is 9.52. The van der Waals surface area contributed by atoms with Gasteiger partial charge in [0.05, 0.1) is 7.11 Å². The van der Waals surface area contributed by atoms with E-state index in [1.807, 2.05) is 23.9 Å². The van der Waals surface area contributed by atoms with Crippen molar-refractivity contribution in [3.8, 4) is 11.5 Å². The smallest absolute Gasteiger partial charge is 0.160 e. The zero-order valence-electron chi connectivity index (χ0n) is 10.8. The van der Waals surface area contributed by atoms with Crippen molar-refractivity contribution in [1.29, 1.82) is 0 Å². The lowest BCUT2D eigenvalue weighted by atomic mass is 10.1. The van der Waals surface area contributed by atoms with E-state index in [0.29, 0.717) is 11.8 Å². The second kappa shape index (κ2) is 6.90. The quantitative estimate of drug-likeness (QED) is 0.860. The molecule has 1 fully saturated rings. The molecule has 0 aromatic heterocycles. The molecule has 3 nitrogen and oxygen atoms in total. The first kappa shape index (κ1) is 13.6. The van der Waals surface area contributed by atoms with Gasteiger partial charge in [-0.1, -0.05) is 6.07 Å². The first-order chi connectivity index (χ1) is 8.79. The lowest BCUT2D eigenvalue weighted by Gasteiger charge is -2.22. The predicted octanol–water partition coefficient (Wildman–Crippen LogP) is 2.43. The summed E-state index contributed by atoms with van der Waals surface area (Å²) in [5, 5.41) is 13.1. The van der Waals surface area contributed by atoms with Crippen LogP contribution < -0.4 is 10.1 Å². The Morgan fingerprint density at radius 1 is 1.50 bits per heavy atom. The third-order valence-electron chi connectivity index (χ3n) is 3.25. The molecule has 2 N–H and O–H groups in total. The highest BCUT2D eigenvalue weighted by atomic mass is 32.2. The van der Waals surface area contributed by atoms with E-state index in [1.54, 1.807) is 13.2 Å². The molecule has 0 bridgehead atoms. The average molecular weight is 267 g/mol. The number of phenols is 1. The molecule has 1 saturated heterocycles. The van der Waals surface area contributed by atoms with Gasteiger partial charge < -0.3 is 15.2 Å². The van der Waals surface area contributed by atoms with Gasteiger partial charge in [0.15, 0.2) is 11.5 Å². The van der Waals surface area contributed by atoms with Crippen molar-refractivity contribution in [3.63, 3.8) is 0 Å². The van der Waals surface area contributed by atoms with Crippen molar-refractivity contribution in [2.45, 2.75) is 25.3 Å². The van der Waals surface area contributed by atoms with Crippen LogP contribution in [0, 0.1) is 0 Å². The number of methoxy groups -OCH3 is 1. The van der Waals surface area contributed by atoms with Crippen molar-refractivity contribution < 1.29 is 9.84 Å². The summed E-state index contributed by atoms with van der Waals surface area (Å²) in [5.74, 6) is 3.31. The van der Waals surface area contributed by atoms with Crippen LogP contribution in [0.25, 0.3) is 0 Å². The highest BCUT2D eigenvalue weighted by molar-refractivity contribution is 7.99. The van der Waals surface area contributed by atoms with Crippen LogP contribution in [0.3, 0.4) is 0 Å². The molecule has 0 saturated carbocycles. The highest BCUT2D eigenvalue weighted by Crippen LogP contribution is 2.26. The molecule has 1 heterocycles. The van der Waals surface area contributed by atoms with Gasteiger partial charge in [-0.05, 0) is 49.3 Å². The molecule has 2 rings (SSSR count). The summed E-state index contributed by atoms with van der Waals surface area (Å²) in [6.45, 7) is 0.985. The van der Waals surface area contributed by atoms with Crippen LogP contribution in [0.5, 0.6) is 11.5 Å². The van der Waals surface area contributed by atoms with E-state index in [4.69, 9.17) is 4.74 Å². The normalized spacial score (nSPS) is 19.7. The summed E-state index contributed by atoms with van der Waals surface area (Å²) >= 11 is 2.04. The molecule has 1 aromatic rings. The lowest BCUT2D eigenvalue weighted by Crippen LogP contribution is -2.35. The Hall–Kier alpha value is -0.870. The van der Waals surface area contributed by atoms with E-state index < -0.39 is 0 Å². The third kappa shape index (κ3) is 3.82. The van der Waals surface area contributed by atoms with Gasteiger partial charge in [-0.2, -0.15) is 11.8 Å². The van der Waals surface area contributed by atoms with Gasteiger partial charge in [-0.3, -0.25) is 0 Å². The number of benzene rings is 1. The van der Waals surface area contributed by atoms with Crippen LogP contribution in [-0.2, 0) is 6.42 Å². The molecule has 1 aromatic carbocycles. The van der Waals surface area contributed by atoms with Gasteiger partial charge >= 0.3 is 0 Å². The van der Waals surface area contributed by atoms with Crippen LogP contribution in [0.4, 0.5) is 0 Å². The SMILES string of the molecule is COc1cc(CCN[C@H]2CCCSC2)ccc1O. The summed E-state index contributed by atoms with van der Waals surface area (Å²) in [7, 11) is 1.58. The van der Waals surface area contributed by atoms with Gasteiger partial charge in [0.1, 0.15) is 0 Å². The molecule has 100 valence electrons. The standard InChI is InChI=1S/C14H21NO2S/c1-17-14-9-11(4-5-13(14)16)6-7-15-12-3-2-8-18-10-12/h4-5,9,12,15-16H,2-3,6-8,10H2,1H3/t12-/m0/s1. The van der Waals surface area contributed by atoms with E-state index in [0.717, 1.165) is 13.0 Å². The van der Waals surface area contributed by atoms with Crippen molar-refractivity contribution >= 4 is 11.8 Å². The fourth-order valence-electron chi connectivity index (χ4n) is 2.20. The summed E-state index contributed by atoms with van der Waals surface area (Å²) < 4.78 is 5.11. The summed E-state index contributed by atoms with van der Waals surface area (Å²) in [4.78, 5) is 0. The van der Waals surface area contributed by atoms with Crippen molar-refractivity contribution in [2.75, 3.05) is 25.2 Å². The molecule has 0 aliphatic carbocycles. The number of hydrogen-bond acceptors (Lipinski definition) is 4. The fourth-order valence-corrected chi connectivity index (χ4v) is 3.31. The van der Waals surface area contributed by atoms with Crippen LogP contribution in [0.1, 0.15) is 18.4 Å². The zero-order valence-corrected chi connectivity index (χ0v) is 11.6. The summed E-state index contributed by atoms with van der Waals surface area (Å²) in [6.07, 6.45) is 3.60. The topological polar surface area (TPSA) is 41.5 Å². The van der Waals surface area contributed by atoms with Gasteiger partial charge in [0, 0.05) is 11.8 Å². The molecule has 1 aliphatic heterocycles. The number of ether oxygens (including phenoxy) is 1. The highest BCUT2D eigenvalue weighted by Gasteiger charge is 2.12. The van der Waals surface area contributed by atoms with Crippen molar-refractivity contribution in [1.82, 2.24) is 5.32 Å². The zero-order chi connectivity index (χ0) is 12.8. The van der Waals surface area contributed by atoms with E-state index in [1.165, 1.54) is 29.9 Å². The third-order valence-corrected chi connectivity index (χ3v) is 4.47. The number of rotatable bonds is 5. The van der Waals surface area contributed by atoms with E-state index >= 15 is 0 Å². The minimum atomic E-state index is 0.206. The Morgan fingerprint density at radius 3 is 3.11 bits per heavy atom. The maximum atomic E-state index is 9.52. The molecule has 4 heteroatoms. The van der Waals surface area contributed by atoms with Gasteiger partial charge in [0.2, 0.25) is 0 Å². The van der Waals surface area contributed by atoms with E-state index in [9.17, 15) is 5.11 Å². The van der Waals surface area contributed by atoms with Gasteiger partial charge in [-0.25, -0.2) is 0 Å². The molecule has 0 spiro atoms. The predicted molar refractivity (Wildman–Crippen MR) is 76.7 cm³/mol. The van der Waals surface area contributed by atoms with E-state index in [-0.39, 0.29) is 5.75 Å².